The van der Waals surface area contributed by atoms with Crippen LogP contribution in [-0.4, -0.2) is 36.4 Å². The molecule has 5 heteroatoms. The number of thiophene rings is 1. The molecule has 1 atom stereocenters. The molecular formula is C22H28N4S. The van der Waals surface area contributed by atoms with E-state index < -0.39 is 0 Å². The van der Waals surface area contributed by atoms with E-state index in [1.807, 2.05) is 17.5 Å². The summed E-state index contributed by atoms with van der Waals surface area (Å²) in [6.07, 6.45) is 4.68. The van der Waals surface area contributed by atoms with Crippen molar-refractivity contribution in [3.8, 4) is 0 Å². The summed E-state index contributed by atoms with van der Waals surface area (Å²) in [5.74, 6) is 0.463. The Hall–Kier alpha value is -2.11. The van der Waals surface area contributed by atoms with Crippen LogP contribution in [0.4, 0.5) is 11.4 Å². The second-order valence-electron chi connectivity index (χ2n) is 7.59. The number of aryl methyl sites for hydroxylation is 1. The van der Waals surface area contributed by atoms with E-state index in [1.54, 1.807) is 11.3 Å². The molecule has 0 amide bonds. The smallest absolute Gasteiger partial charge is 0.140 e. The van der Waals surface area contributed by atoms with Crippen molar-refractivity contribution in [3.05, 3.63) is 58.4 Å². The minimum Gasteiger partial charge on any atom is -0.344 e. The van der Waals surface area contributed by atoms with E-state index in [1.165, 1.54) is 42.9 Å². The van der Waals surface area contributed by atoms with Crippen molar-refractivity contribution in [1.82, 2.24) is 4.90 Å². The van der Waals surface area contributed by atoms with Crippen LogP contribution in [0.25, 0.3) is 0 Å². The van der Waals surface area contributed by atoms with Crippen molar-refractivity contribution >= 4 is 28.5 Å². The second kappa shape index (κ2) is 7.87. The van der Waals surface area contributed by atoms with Gasteiger partial charge in [0, 0.05) is 29.7 Å². The fourth-order valence-corrected chi connectivity index (χ4v) is 4.76. The Balaban J connectivity index is 1.50. The Morgan fingerprint density at radius 3 is 2.81 bits per heavy atom. The largest absolute Gasteiger partial charge is 0.344 e. The Kier molecular flexibility index (Phi) is 5.32. The van der Waals surface area contributed by atoms with Crippen molar-refractivity contribution in [2.75, 3.05) is 29.9 Å². The van der Waals surface area contributed by atoms with Crippen LogP contribution >= 0.6 is 11.3 Å². The van der Waals surface area contributed by atoms with Gasteiger partial charge in [-0.2, -0.15) is 0 Å². The van der Waals surface area contributed by atoms with Crippen LogP contribution in [0, 0.1) is 5.41 Å². The van der Waals surface area contributed by atoms with Gasteiger partial charge in [-0.05, 0) is 80.9 Å². The topological polar surface area (TPSA) is 42.4 Å². The number of anilines is 2. The molecule has 0 saturated carbocycles. The molecular weight excluding hydrogens is 352 g/mol. The summed E-state index contributed by atoms with van der Waals surface area (Å²) in [7, 11) is 0. The third-order valence-corrected chi connectivity index (χ3v) is 6.57. The summed E-state index contributed by atoms with van der Waals surface area (Å²) in [5.41, 5.74) is 4.85. The van der Waals surface area contributed by atoms with Gasteiger partial charge in [0.2, 0.25) is 0 Å². The molecule has 0 spiro atoms. The van der Waals surface area contributed by atoms with E-state index >= 15 is 0 Å². The number of fused-ring (bicyclic) bond motifs is 1. The van der Waals surface area contributed by atoms with Gasteiger partial charge in [0.15, 0.2) is 0 Å². The van der Waals surface area contributed by atoms with Gasteiger partial charge < -0.3 is 10.2 Å². The standard InChI is InChI=1S/C22H28N4S/c1-16-7-8-18-14-19(24-22(23)21-6-5-13-27-21)9-10-20(18)26(16)15-17(2)25-11-3-4-12-25/h5-6,9-10,13-14,17H,1,3-4,7-8,11-12,15H2,2H3,(H2,23,24). The van der Waals surface area contributed by atoms with Crippen LogP contribution in [0.1, 0.15) is 36.6 Å². The normalized spacial score (nSPS) is 18.4. The summed E-state index contributed by atoms with van der Waals surface area (Å²) in [5, 5.41) is 13.5. The van der Waals surface area contributed by atoms with Gasteiger partial charge in [-0.25, -0.2) is 0 Å². The molecule has 2 aliphatic rings. The molecule has 1 unspecified atom stereocenters. The lowest BCUT2D eigenvalue weighted by molar-refractivity contribution is 0.262. The molecule has 4 nitrogen and oxygen atoms in total. The fraction of sp³-hybridized carbons (Fsp3) is 0.409. The lowest BCUT2D eigenvalue weighted by Crippen LogP contribution is -2.41. The summed E-state index contributed by atoms with van der Waals surface area (Å²) in [6.45, 7) is 10.1. The third kappa shape index (κ3) is 3.94. The average Bonchev–Trinajstić information content (AvgIpc) is 3.38. The Morgan fingerprint density at radius 1 is 1.26 bits per heavy atom. The first-order valence-corrected chi connectivity index (χ1v) is 10.7. The van der Waals surface area contributed by atoms with Gasteiger partial charge in [-0.15, -0.1) is 11.3 Å². The highest BCUT2D eigenvalue weighted by molar-refractivity contribution is 7.12. The number of hydrogen-bond donors (Lipinski definition) is 2. The molecule has 1 aromatic heterocycles. The van der Waals surface area contributed by atoms with E-state index in [2.05, 4.69) is 46.8 Å². The lowest BCUT2D eigenvalue weighted by Gasteiger charge is -2.37. The SMILES string of the molecule is C=C1CCc2cc(NC(=N)c3cccs3)ccc2N1CC(C)N1CCCC1. The molecule has 4 rings (SSSR count). The van der Waals surface area contributed by atoms with Gasteiger partial charge in [-0.3, -0.25) is 10.3 Å². The number of amidine groups is 1. The molecule has 1 aromatic carbocycles. The maximum atomic E-state index is 8.25. The van der Waals surface area contributed by atoms with Crippen LogP contribution in [0.2, 0.25) is 0 Å². The quantitative estimate of drug-likeness (QED) is 0.570. The van der Waals surface area contributed by atoms with Crippen LogP contribution in [-0.2, 0) is 6.42 Å². The van der Waals surface area contributed by atoms with Gasteiger partial charge in [0.1, 0.15) is 5.84 Å². The lowest BCUT2D eigenvalue weighted by atomic mass is 9.98. The highest BCUT2D eigenvalue weighted by Gasteiger charge is 2.25. The highest BCUT2D eigenvalue weighted by atomic mass is 32.1. The van der Waals surface area contributed by atoms with Crippen LogP contribution in [0.15, 0.2) is 48.0 Å². The number of benzene rings is 1. The van der Waals surface area contributed by atoms with Crippen molar-refractivity contribution in [1.29, 1.82) is 5.41 Å². The number of hydrogen-bond acceptors (Lipinski definition) is 4. The average molecular weight is 381 g/mol. The van der Waals surface area contributed by atoms with Crippen molar-refractivity contribution in [2.24, 2.45) is 0 Å². The zero-order chi connectivity index (χ0) is 18.8. The maximum absolute atomic E-state index is 8.25. The first-order chi connectivity index (χ1) is 13.1. The second-order valence-corrected chi connectivity index (χ2v) is 8.54. The zero-order valence-corrected chi connectivity index (χ0v) is 16.8. The van der Waals surface area contributed by atoms with E-state index in [4.69, 9.17) is 5.41 Å². The number of rotatable bonds is 5. The van der Waals surface area contributed by atoms with Gasteiger partial charge in [0.25, 0.3) is 0 Å². The van der Waals surface area contributed by atoms with Gasteiger partial charge in [-0.1, -0.05) is 12.6 Å². The third-order valence-electron chi connectivity index (χ3n) is 5.68. The minimum absolute atomic E-state index is 0.463. The minimum atomic E-state index is 0.463. The Labute approximate surface area is 166 Å². The van der Waals surface area contributed by atoms with E-state index in [9.17, 15) is 0 Å². The van der Waals surface area contributed by atoms with Crippen molar-refractivity contribution in [3.63, 3.8) is 0 Å². The zero-order valence-electron chi connectivity index (χ0n) is 16.0. The summed E-state index contributed by atoms with van der Waals surface area (Å²) < 4.78 is 0. The van der Waals surface area contributed by atoms with E-state index in [0.717, 1.165) is 30.0 Å². The van der Waals surface area contributed by atoms with E-state index in [-0.39, 0.29) is 0 Å². The first kappa shape index (κ1) is 18.3. The molecule has 142 valence electrons. The molecule has 0 radical (unpaired) electrons. The highest BCUT2D eigenvalue weighted by Crippen LogP contribution is 2.34. The number of allylic oxidation sites excluding steroid dienone is 1. The molecule has 2 N–H and O–H groups in total. The molecule has 27 heavy (non-hydrogen) atoms. The predicted octanol–water partition coefficient (Wildman–Crippen LogP) is 4.94. The molecule has 3 heterocycles. The Bertz CT molecular complexity index is 821. The Morgan fingerprint density at radius 2 is 2.07 bits per heavy atom. The molecule has 1 saturated heterocycles. The molecule has 0 aliphatic carbocycles. The van der Waals surface area contributed by atoms with Crippen LogP contribution < -0.4 is 10.2 Å². The van der Waals surface area contributed by atoms with Crippen molar-refractivity contribution in [2.45, 2.75) is 38.6 Å². The monoisotopic (exact) mass is 380 g/mol. The fourth-order valence-electron chi connectivity index (χ4n) is 4.13. The summed E-state index contributed by atoms with van der Waals surface area (Å²) >= 11 is 1.59. The van der Waals surface area contributed by atoms with Crippen LogP contribution in [0.5, 0.6) is 0 Å². The number of nitrogens with one attached hydrogen (secondary N) is 2. The maximum Gasteiger partial charge on any atom is 0.140 e. The number of likely N-dealkylation sites (tertiary alicyclic amines) is 1. The summed E-state index contributed by atoms with van der Waals surface area (Å²) in [6, 6.07) is 11.0. The molecule has 2 aliphatic heterocycles. The van der Waals surface area contributed by atoms with Gasteiger partial charge in [0.05, 0.1) is 4.88 Å². The predicted molar refractivity (Wildman–Crippen MR) is 116 cm³/mol. The summed E-state index contributed by atoms with van der Waals surface area (Å²) in [4.78, 5) is 5.97. The number of nitrogens with zero attached hydrogens (tertiary/aromatic N) is 2. The molecule has 1 fully saturated rings. The van der Waals surface area contributed by atoms with Crippen molar-refractivity contribution < 1.29 is 0 Å². The van der Waals surface area contributed by atoms with Crippen LogP contribution in [0.3, 0.4) is 0 Å². The first-order valence-electron chi connectivity index (χ1n) is 9.83. The van der Waals surface area contributed by atoms with Gasteiger partial charge >= 0.3 is 0 Å². The van der Waals surface area contributed by atoms with E-state index in [0.29, 0.717) is 11.9 Å². The molecule has 0 bridgehead atoms. The molecule has 2 aromatic rings.